The number of nitrogens with one attached hydrogen (secondary N) is 1. The van der Waals surface area contributed by atoms with Crippen molar-refractivity contribution in [3.63, 3.8) is 0 Å². The second kappa shape index (κ2) is 8.19. The van der Waals surface area contributed by atoms with Crippen LogP contribution in [0.5, 0.6) is 5.75 Å². The van der Waals surface area contributed by atoms with E-state index in [9.17, 15) is 0 Å². The molecule has 5 nitrogen and oxygen atoms in total. The molecule has 0 amide bonds. The van der Waals surface area contributed by atoms with Crippen molar-refractivity contribution in [1.29, 1.82) is 0 Å². The molecule has 0 radical (unpaired) electrons. The average molecular weight is 411 g/mol. The minimum Gasteiger partial charge on any atom is -0.489 e. The number of nitrogens with zero attached hydrogens (tertiary/aromatic N) is 3. The molecule has 1 N–H and O–H groups in total. The molecule has 2 heterocycles. The second-order valence-electron chi connectivity index (χ2n) is 7.97. The molecule has 4 aromatic rings. The highest BCUT2D eigenvalue weighted by Crippen LogP contribution is 2.35. The smallest absolute Gasteiger partial charge is 0.133 e. The molecule has 0 spiro atoms. The molecule has 156 valence electrons. The molecule has 0 bridgehead atoms. The van der Waals surface area contributed by atoms with Gasteiger partial charge in [-0.05, 0) is 48.4 Å². The van der Waals surface area contributed by atoms with Gasteiger partial charge in [0.1, 0.15) is 18.2 Å². The number of aromatic nitrogens is 2. The Balaban J connectivity index is 1.40. The molecule has 1 aliphatic rings. The van der Waals surface area contributed by atoms with Crippen LogP contribution in [-0.2, 0) is 13.0 Å². The van der Waals surface area contributed by atoms with E-state index in [1.807, 2.05) is 35.0 Å². The maximum absolute atomic E-state index is 5.93. The summed E-state index contributed by atoms with van der Waals surface area (Å²) in [7, 11) is 4.11. The van der Waals surface area contributed by atoms with Gasteiger partial charge in [0.2, 0.25) is 0 Å². The summed E-state index contributed by atoms with van der Waals surface area (Å²) in [5.74, 6) is 1.94. The highest BCUT2D eigenvalue weighted by molar-refractivity contribution is 5.74. The Kier molecular flexibility index (Phi) is 5.08. The average Bonchev–Trinajstić information content (AvgIpc) is 3.42. The Labute approximate surface area is 182 Å². The molecular formula is C26H26N4O. The first kappa shape index (κ1) is 19.2. The van der Waals surface area contributed by atoms with Crippen LogP contribution < -0.4 is 15.0 Å². The van der Waals surface area contributed by atoms with Gasteiger partial charge < -0.3 is 15.0 Å². The van der Waals surface area contributed by atoms with Crippen molar-refractivity contribution in [2.45, 2.75) is 13.0 Å². The molecule has 1 aromatic heterocycles. The van der Waals surface area contributed by atoms with Crippen LogP contribution in [0.15, 0.2) is 78.9 Å². The Hall–Kier alpha value is -3.73. The van der Waals surface area contributed by atoms with E-state index in [-0.39, 0.29) is 0 Å². The third-order valence-corrected chi connectivity index (χ3v) is 5.64. The summed E-state index contributed by atoms with van der Waals surface area (Å²) in [6, 6.07) is 26.9. The zero-order chi connectivity index (χ0) is 21.2. The van der Waals surface area contributed by atoms with Crippen LogP contribution in [0.25, 0.3) is 16.9 Å². The quantitative estimate of drug-likeness (QED) is 0.477. The van der Waals surface area contributed by atoms with E-state index in [2.05, 4.69) is 72.8 Å². The Morgan fingerprint density at radius 3 is 2.39 bits per heavy atom. The van der Waals surface area contributed by atoms with E-state index in [0.29, 0.717) is 6.61 Å². The van der Waals surface area contributed by atoms with Gasteiger partial charge in [-0.2, -0.15) is 5.10 Å². The summed E-state index contributed by atoms with van der Waals surface area (Å²) in [4.78, 5) is 2.11. The van der Waals surface area contributed by atoms with Crippen molar-refractivity contribution in [1.82, 2.24) is 9.78 Å². The Morgan fingerprint density at radius 1 is 0.935 bits per heavy atom. The summed E-state index contributed by atoms with van der Waals surface area (Å²) < 4.78 is 7.94. The summed E-state index contributed by atoms with van der Waals surface area (Å²) in [5, 5.41) is 8.48. The molecule has 5 rings (SSSR count). The minimum absolute atomic E-state index is 0.562. The van der Waals surface area contributed by atoms with Crippen LogP contribution >= 0.6 is 0 Å². The van der Waals surface area contributed by atoms with Gasteiger partial charge in [-0.1, -0.05) is 42.5 Å². The fraction of sp³-hybridized carbons (Fsp3) is 0.192. The molecule has 0 saturated heterocycles. The number of benzene rings is 3. The zero-order valence-corrected chi connectivity index (χ0v) is 17.9. The topological polar surface area (TPSA) is 42.3 Å². The predicted octanol–water partition coefficient (Wildman–Crippen LogP) is 5.15. The van der Waals surface area contributed by atoms with Gasteiger partial charge in [0.25, 0.3) is 0 Å². The maximum atomic E-state index is 5.93. The molecule has 5 heteroatoms. The molecule has 1 aliphatic heterocycles. The van der Waals surface area contributed by atoms with Crippen molar-refractivity contribution in [2.75, 3.05) is 30.9 Å². The molecule has 0 saturated carbocycles. The largest absolute Gasteiger partial charge is 0.489 e. The highest BCUT2D eigenvalue weighted by atomic mass is 16.5. The summed E-state index contributed by atoms with van der Waals surface area (Å²) in [5.41, 5.74) is 6.84. The predicted molar refractivity (Wildman–Crippen MR) is 126 cm³/mol. The van der Waals surface area contributed by atoms with Crippen molar-refractivity contribution >= 4 is 11.5 Å². The third kappa shape index (κ3) is 3.87. The number of anilines is 2. The first-order valence-corrected chi connectivity index (χ1v) is 10.6. The van der Waals surface area contributed by atoms with Crippen molar-refractivity contribution in [2.24, 2.45) is 0 Å². The number of hydrogen-bond donors (Lipinski definition) is 1. The van der Waals surface area contributed by atoms with E-state index in [1.165, 1.54) is 11.3 Å². The summed E-state index contributed by atoms with van der Waals surface area (Å²) in [6.07, 6.45) is 0.984. The van der Waals surface area contributed by atoms with E-state index < -0.39 is 0 Å². The van der Waals surface area contributed by atoms with Crippen molar-refractivity contribution < 1.29 is 4.74 Å². The number of ether oxygens (including phenoxy) is 1. The number of hydrogen-bond acceptors (Lipinski definition) is 4. The van der Waals surface area contributed by atoms with E-state index >= 15 is 0 Å². The summed E-state index contributed by atoms with van der Waals surface area (Å²) >= 11 is 0. The van der Waals surface area contributed by atoms with Gasteiger partial charge in [0.05, 0.1) is 11.4 Å². The van der Waals surface area contributed by atoms with Crippen molar-refractivity contribution in [3.8, 4) is 22.7 Å². The van der Waals surface area contributed by atoms with Gasteiger partial charge in [-0.15, -0.1) is 0 Å². The van der Waals surface area contributed by atoms with E-state index in [0.717, 1.165) is 47.0 Å². The molecule has 31 heavy (non-hydrogen) atoms. The molecule has 0 unspecified atom stereocenters. The van der Waals surface area contributed by atoms with Gasteiger partial charge in [-0.3, -0.25) is 0 Å². The lowest BCUT2D eigenvalue weighted by Gasteiger charge is -2.12. The first-order chi connectivity index (χ1) is 15.2. The molecule has 0 atom stereocenters. The van der Waals surface area contributed by atoms with Crippen LogP contribution in [0.4, 0.5) is 11.5 Å². The lowest BCUT2D eigenvalue weighted by atomic mass is 10.1. The standard InChI is InChI=1S/C26H26N4O/c1-29(2)21-10-8-20(9-11-21)25-24-16-17-27-26(24)30(28-25)22-12-14-23(15-13-22)31-18-19-6-4-3-5-7-19/h3-15,27H,16-18H2,1-2H3. The van der Waals surface area contributed by atoms with Gasteiger partial charge in [0.15, 0.2) is 0 Å². The second-order valence-corrected chi connectivity index (χ2v) is 7.97. The van der Waals surface area contributed by atoms with Crippen LogP contribution in [0.2, 0.25) is 0 Å². The molecule has 0 fully saturated rings. The Bertz CT molecular complexity index is 1160. The molecule has 0 aliphatic carbocycles. The maximum Gasteiger partial charge on any atom is 0.133 e. The van der Waals surface area contributed by atoms with E-state index in [1.54, 1.807) is 0 Å². The molecular weight excluding hydrogens is 384 g/mol. The normalized spacial score (nSPS) is 12.3. The van der Waals surface area contributed by atoms with Crippen LogP contribution in [0, 0.1) is 0 Å². The fourth-order valence-electron chi connectivity index (χ4n) is 3.94. The van der Waals surface area contributed by atoms with Crippen LogP contribution in [0.3, 0.4) is 0 Å². The number of rotatable bonds is 6. The van der Waals surface area contributed by atoms with Crippen LogP contribution in [0.1, 0.15) is 11.1 Å². The highest BCUT2D eigenvalue weighted by Gasteiger charge is 2.24. The first-order valence-electron chi connectivity index (χ1n) is 10.6. The fourth-order valence-corrected chi connectivity index (χ4v) is 3.94. The van der Waals surface area contributed by atoms with Gasteiger partial charge in [0, 0.05) is 37.5 Å². The monoisotopic (exact) mass is 410 g/mol. The van der Waals surface area contributed by atoms with Gasteiger partial charge in [-0.25, -0.2) is 4.68 Å². The number of fused-ring (bicyclic) bond motifs is 1. The Morgan fingerprint density at radius 2 is 1.68 bits per heavy atom. The minimum atomic E-state index is 0.562. The lowest BCUT2D eigenvalue weighted by molar-refractivity contribution is 0.306. The van der Waals surface area contributed by atoms with Gasteiger partial charge >= 0.3 is 0 Å². The third-order valence-electron chi connectivity index (χ3n) is 5.64. The van der Waals surface area contributed by atoms with Crippen LogP contribution in [-0.4, -0.2) is 30.4 Å². The van der Waals surface area contributed by atoms with E-state index in [4.69, 9.17) is 9.84 Å². The summed E-state index contributed by atoms with van der Waals surface area (Å²) in [6.45, 7) is 1.50. The SMILES string of the molecule is CN(C)c1ccc(-c2nn(-c3ccc(OCc4ccccc4)cc3)c3c2CCN3)cc1. The lowest BCUT2D eigenvalue weighted by Crippen LogP contribution is -2.08. The van der Waals surface area contributed by atoms with Crippen molar-refractivity contribution in [3.05, 3.63) is 90.0 Å². The zero-order valence-electron chi connectivity index (χ0n) is 17.9. The molecule has 3 aromatic carbocycles.